The molecule has 7 aliphatic rings. The molecule has 1 aromatic rings. The standard InChI is InChI=1S/C10H19N.C8H16N2O.C8H17NO.C8H17N.C8H18O2.C7H13N3O.C7H15NO.C7H14O2.C7H16O.C7H14.C6H12F2O.C6H13FO.C6H15NOS.C6H14O.C5H12O.C5H12S.2C5H12/c1-9(2,3)11-7-10(8-11)5-4-6-10;1-8(2,3)10-4-6(5-10)7(9)11;1-8(2,3)9-4-7(5-9)6-10;1-7-5-9(6-7)8(2,3)4;1-5-7(6-9)10-8(2,3)4;1-7(2,3)11-5-6-4-8-10-9-6;1-7(2,3)9-6-4-8-5-6;1-7(2,3)5-6(8)9-4;1-5-6-8-7(2,3)4;1-7(2,3)6-4-5-6;1-6(2,3)4-9-5(7)8;1-5(7)8-6(2,3)4;1-6(2,3)7-9(4,5)8;1-6(2,3)5-7-4;2*1-5(2,3)6-4;2*1-5(2,3)4/h4-8H2,1-3H3;6H,4-5H2,1-3H3,(H2,9,11);7,10H,4-6H2,1-3H3;7H,5-6H2,1-4H3;7,9H,5-6H2,1-4H3;4H,5H2,1-3H3,(H,8,9,10);6,8H,4-5H2,1-3H3;5H2,1-4H3;5-6H2,1-4H3;6H,4-5H2,1-3H3;5H,4H2,1-3H3;5H,1-4H3;4H2,1-3,5H3,(H,7,8);5H2,1-4H3;2*1-4H3;2*1-4H3. The molecule has 24 nitrogen and oxygen atoms in total. The van der Waals surface area contributed by atoms with Crippen molar-refractivity contribution in [1.82, 2.24) is 45.0 Å². The van der Waals surface area contributed by atoms with E-state index in [1.807, 2.05) is 164 Å². The van der Waals surface area contributed by atoms with Gasteiger partial charge in [-0.1, -0.05) is 186 Å². The fraction of sp³-hybridized carbons (Fsp3) is 0.959. The van der Waals surface area contributed by atoms with Gasteiger partial charge in [0, 0.05) is 147 Å². The third-order valence-corrected chi connectivity index (χ3v) is 22.6. The Kier molecular flexibility index (Phi) is 84.6. The van der Waals surface area contributed by atoms with E-state index in [1.54, 1.807) is 26.7 Å². The zero-order valence-electron chi connectivity index (χ0n) is 111. The first-order chi connectivity index (χ1) is 66.0. The van der Waals surface area contributed by atoms with Crippen LogP contribution in [0.2, 0.25) is 0 Å². The molecule has 8 rings (SSSR count). The number of hydrogen-bond donors (Lipinski definition) is 6. The van der Waals surface area contributed by atoms with Crippen molar-refractivity contribution in [2.75, 3.05) is 132 Å². The number of aromatic amines is 1. The van der Waals surface area contributed by atoms with Gasteiger partial charge < -0.3 is 63.9 Å². The van der Waals surface area contributed by atoms with Gasteiger partial charge in [-0.15, -0.1) is 0 Å². The minimum absolute atomic E-state index is 0.000000000000000444. The predicted molar refractivity (Wildman–Crippen MR) is 647 cm³/mol. The van der Waals surface area contributed by atoms with E-state index in [0.717, 1.165) is 88.3 Å². The molecule has 0 radical (unpaired) electrons. The van der Waals surface area contributed by atoms with Crippen LogP contribution in [-0.4, -0.2) is 291 Å². The summed E-state index contributed by atoms with van der Waals surface area (Å²) in [6.45, 7) is 137. The van der Waals surface area contributed by atoms with Crippen LogP contribution < -0.4 is 15.8 Å². The number of aliphatic hydroxyl groups excluding tert-OH is 2. The number of carbonyl (C=O) groups excluding carboxylic acids is 2. The van der Waals surface area contributed by atoms with Crippen molar-refractivity contribution >= 4 is 39.2 Å². The van der Waals surface area contributed by atoms with E-state index in [0.29, 0.717) is 74.7 Å². The van der Waals surface area contributed by atoms with Crippen molar-refractivity contribution in [3.05, 3.63) is 11.9 Å². The summed E-state index contributed by atoms with van der Waals surface area (Å²) in [4.78, 5) is 31.0. The fourth-order valence-electron chi connectivity index (χ4n) is 11.8. The Labute approximate surface area is 934 Å². The minimum Gasteiger partial charge on any atom is -0.469 e. The first-order valence-corrected chi connectivity index (χ1v) is 59.0. The minimum atomic E-state index is -2.63. The molecular formula is C121H261F3N10O14S2. The maximum Gasteiger partial charge on any atom is 0.345 e. The van der Waals surface area contributed by atoms with Gasteiger partial charge in [-0.2, -0.15) is 36.0 Å². The van der Waals surface area contributed by atoms with Crippen molar-refractivity contribution in [3.63, 3.8) is 0 Å². The van der Waals surface area contributed by atoms with E-state index >= 15 is 0 Å². The molecule has 150 heavy (non-hydrogen) atoms. The number of alkyl halides is 3. The van der Waals surface area contributed by atoms with Crippen LogP contribution in [0.1, 0.15) is 472 Å². The molecule has 5 aliphatic heterocycles. The van der Waals surface area contributed by atoms with Crippen molar-refractivity contribution in [1.29, 1.82) is 0 Å². The molecule has 1 spiro atoms. The number of likely N-dealkylation sites (tertiary alicyclic amines) is 4. The van der Waals surface area contributed by atoms with Crippen LogP contribution in [0, 0.1) is 61.6 Å². The molecule has 1 aromatic heterocycles. The highest BCUT2D eigenvalue weighted by Gasteiger charge is 2.50. The number of esters is 1. The number of hydrogen-bond acceptors (Lipinski definition) is 22. The summed E-state index contributed by atoms with van der Waals surface area (Å²) >= 11 is 1.88. The van der Waals surface area contributed by atoms with Crippen LogP contribution >= 0.6 is 11.8 Å². The largest absolute Gasteiger partial charge is 0.469 e. The molecule has 1 amide bonds. The predicted octanol–water partition coefficient (Wildman–Crippen LogP) is 29.0. The van der Waals surface area contributed by atoms with Gasteiger partial charge in [0.25, 0.3) is 0 Å². The number of nitrogens with two attached hydrogens (primary N) is 1. The van der Waals surface area contributed by atoms with Crippen molar-refractivity contribution < 1.29 is 79.8 Å². The molecule has 0 bridgehead atoms. The summed E-state index contributed by atoms with van der Waals surface area (Å²) in [5, 5.41) is 30.7. The summed E-state index contributed by atoms with van der Waals surface area (Å²) in [6.07, 6.45) is 14.6. The van der Waals surface area contributed by atoms with Gasteiger partial charge in [0.15, 0.2) is 6.36 Å². The molecule has 2 saturated carbocycles. The van der Waals surface area contributed by atoms with Gasteiger partial charge in [-0.05, 0) is 336 Å². The van der Waals surface area contributed by atoms with E-state index in [9.17, 15) is 27.0 Å². The summed E-state index contributed by atoms with van der Waals surface area (Å²) in [5.41, 5.74) is 9.32. The number of H-pyrrole nitrogens is 1. The second-order valence-electron chi connectivity index (χ2n) is 61.0. The van der Waals surface area contributed by atoms with Crippen LogP contribution in [-0.2, 0) is 68.5 Å². The first-order valence-electron chi connectivity index (χ1n) is 55.6. The zero-order valence-corrected chi connectivity index (χ0v) is 113. The second-order valence-corrected chi connectivity index (χ2v) is 64.8. The molecule has 5 saturated heterocycles. The number of carbonyl (C=O) groups is 2. The van der Waals surface area contributed by atoms with Crippen molar-refractivity contribution in [2.45, 2.75) is 565 Å². The smallest absolute Gasteiger partial charge is 0.345 e. The third kappa shape index (κ3) is 134. The van der Waals surface area contributed by atoms with Gasteiger partial charge in [-0.25, -0.2) is 9.11 Å². The number of halogens is 3. The number of nitrogens with zero attached hydrogens (tertiary/aromatic N) is 6. The molecule has 29 heteroatoms. The second kappa shape index (κ2) is 75.7. The zero-order chi connectivity index (χ0) is 122. The number of aliphatic hydroxyl groups is 2. The monoisotopic (exact) mass is 2200 g/mol. The van der Waals surface area contributed by atoms with E-state index in [1.165, 1.54) is 72.3 Å². The Morgan fingerprint density at radius 1 is 0.560 bits per heavy atom. The lowest BCUT2D eigenvalue weighted by Crippen LogP contribution is -2.64. The molecule has 3 unspecified atom stereocenters. The molecule has 7 fully saturated rings. The lowest BCUT2D eigenvalue weighted by molar-refractivity contribution is -0.146. The highest BCUT2D eigenvalue weighted by atomic mass is 32.2. The summed E-state index contributed by atoms with van der Waals surface area (Å²) < 4.78 is 94.1. The number of aromatic nitrogens is 3. The third-order valence-electron chi connectivity index (χ3n) is 20.3. The summed E-state index contributed by atoms with van der Waals surface area (Å²) in [5.74, 6) is 5.79. The fourth-order valence-corrected chi connectivity index (χ4v) is 13.1. The van der Waals surface area contributed by atoms with Gasteiger partial charge in [-0.3, -0.25) is 33.4 Å². The van der Waals surface area contributed by atoms with Gasteiger partial charge in [0.1, 0.15) is 5.69 Å². The SMILES string of the molecule is C=S(C)(=O)NC(C)(C)C.CC(C)(C)C.CC(C)(C)C.CC(C)(C)C1CC1.CC(C)(C)COC(F)F.CC(C)(C)N1CC(C(N)=O)C1.CC(C)(C)N1CC(CO)C1.CC(C)(C)N1CC2(CCC2)C1.CC(C)(C)OC1CNC1.CC(C)(C)OCc1cn[nH]n1.CC(F)OC(C)(C)C.CC1CN(C(C)(C)C)C1.CCC(CO)OC(C)(C)C.CCCOC(C)(C)C.COC(=O)CC(C)(C)C.COC(C)(C)C.COCC(C)(C)C.CSC(C)(C)C. The highest BCUT2D eigenvalue weighted by Crippen LogP contribution is 2.50. The van der Waals surface area contributed by atoms with Crippen LogP contribution in [0.15, 0.2) is 6.20 Å². The average molecular weight is 2200 g/mol. The number of primary amides is 1. The quantitative estimate of drug-likeness (QED) is 0.0662. The molecule has 7 N–H and O–H groups in total. The maximum absolute atomic E-state index is 12.0. The van der Waals surface area contributed by atoms with E-state index in [4.69, 9.17) is 49.1 Å². The summed E-state index contributed by atoms with van der Waals surface area (Å²) in [7, 11) is 2.81. The van der Waals surface area contributed by atoms with Crippen LogP contribution in [0.3, 0.4) is 0 Å². The molecule has 6 heterocycles. The Bertz CT molecular complexity index is 3430. The Balaban J connectivity index is -0.000000174. The molecule has 2 aliphatic carbocycles. The van der Waals surface area contributed by atoms with Crippen LogP contribution in [0.5, 0.6) is 0 Å². The first kappa shape index (κ1) is 168. The van der Waals surface area contributed by atoms with Crippen LogP contribution in [0.4, 0.5) is 13.2 Å². The maximum atomic E-state index is 12.0. The summed E-state index contributed by atoms with van der Waals surface area (Å²) in [6, 6.07) is 0. The molecular weight excluding hydrogens is 1940 g/mol. The number of rotatable bonds is 16. The highest BCUT2D eigenvalue weighted by molar-refractivity contribution is 7.99. The molecule has 3 atom stereocenters. The molecule has 0 aromatic carbocycles. The number of nitrogens with one attached hydrogen (secondary N) is 3. The number of methoxy groups -OCH3 is 3. The lowest BCUT2D eigenvalue weighted by atomic mass is 9.62. The average Bonchev–Trinajstić information content (AvgIpc) is 0.766. The van der Waals surface area contributed by atoms with Gasteiger partial charge in [0.05, 0.1) is 97.9 Å². The van der Waals surface area contributed by atoms with Crippen molar-refractivity contribution in [3.8, 4) is 0 Å². The van der Waals surface area contributed by atoms with E-state index < -0.39 is 22.7 Å². The topological polar surface area (TPSA) is 279 Å². The Morgan fingerprint density at radius 2 is 0.933 bits per heavy atom. The number of thioether (sulfide) groups is 1. The van der Waals surface area contributed by atoms with Gasteiger partial charge >= 0.3 is 12.6 Å². The van der Waals surface area contributed by atoms with E-state index in [2.05, 4.69) is 323 Å². The lowest BCUT2D eigenvalue weighted by Gasteiger charge is -2.60. The normalized spacial score (nSPS) is 17.4. The number of amides is 1. The van der Waals surface area contributed by atoms with Crippen molar-refractivity contribution in [2.24, 2.45) is 67.3 Å². The van der Waals surface area contributed by atoms with E-state index in [-0.39, 0.29) is 92.6 Å². The Hall–Kier alpha value is -2.40. The van der Waals surface area contributed by atoms with Crippen LogP contribution in [0.25, 0.3) is 0 Å². The van der Waals surface area contributed by atoms with Gasteiger partial charge in [0.2, 0.25) is 5.91 Å². The number of ether oxygens (including phenoxy) is 9. The molecule has 912 valence electrons. The Morgan fingerprint density at radius 3 is 1.07 bits per heavy atom.